The number of nitrogens with one attached hydrogen (secondary N) is 1. The van der Waals surface area contributed by atoms with E-state index in [0.717, 1.165) is 36.2 Å². The van der Waals surface area contributed by atoms with Gasteiger partial charge < -0.3 is 14.8 Å². The van der Waals surface area contributed by atoms with E-state index >= 15 is 0 Å². The maximum absolute atomic E-state index is 12.2. The molecule has 1 N–H and O–H groups in total. The van der Waals surface area contributed by atoms with E-state index in [1.165, 1.54) is 17.4 Å². The molecule has 0 aliphatic heterocycles. The highest BCUT2D eigenvalue weighted by molar-refractivity contribution is 7.99. The Morgan fingerprint density at radius 2 is 1.75 bits per heavy atom. The Bertz CT molecular complexity index is 753. The lowest BCUT2D eigenvalue weighted by atomic mass is 10.1. The molecule has 154 valence electrons. The highest BCUT2D eigenvalue weighted by Crippen LogP contribution is 2.26. The molecule has 1 atom stereocenters. The first kappa shape index (κ1) is 22.3. The minimum absolute atomic E-state index is 0.0296. The van der Waals surface area contributed by atoms with E-state index in [2.05, 4.69) is 83.9 Å². The molecule has 0 saturated heterocycles. The zero-order chi connectivity index (χ0) is 20.7. The molecule has 2 aromatic rings. The molecule has 0 saturated carbocycles. The van der Waals surface area contributed by atoms with Crippen molar-refractivity contribution in [1.82, 2.24) is 20.1 Å². The summed E-state index contributed by atoms with van der Waals surface area (Å²) < 4.78 is 2.07. The van der Waals surface area contributed by atoms with E-state index in [1.54, 1.807) is 0 Å². The zero-order valence-electron chi connectivity index (χ0n) is 17.9. The SMILES string of the molecule is CCN(CC)c1ccc(-c2nnc(SCC(=O)NC(C)C(C)C)n2CC)cc1. The third-order valence-electron chi connectivity index (χ3n) is 5.01. The number of benzene rings is 1. The molecule has 1 aromatic carbocycles. The van der Waals surface area contributed by atoms with Crippen molar-refractivity contribution < 1.29 is 4.79 Å². The van der Waals surface area contributed by atoms with Gasteiger partial charge in [-0.3, -0.25) is 4.79 Å². The maximum atomic E-state index is 12.2. The number of amides is 1. The first-order valence-corrected chi connectivity index (χ1v) is 11.1. The van der Waals surface area contributed by atoms with Crippen LogP contribution in [0.3, 0.4) is 0 Å². The molecule has 6 nitrogen and oxygen atoms in total. The number of rotatable bonds is 10. The van der Waals surface area contributed by atoms with E-state index in [9.17, 15) is 4.79 Å². The van der Waals surface area contributed by atoms with Crippen LogP contribution < -0.4 is 10.2 Å². The monoisotopic (exact) mass is 403 g/mol. The van der Waals surface area contributed by atoms with Crippen LogP contribution in [0.5, 0.6) is 0 Å². The van der Waals surface area contributed by atoms with E-state index in [1.807, 2.05) is 6.92 Å². The van der Waals surface area contributed by atoms with Gasteiger partial charge in [0.2, 0.25) is 5.91 Å². The van der Waals surface area contributed by atoms with Crippen LogP contribution in [0, 0.1) is 5.92 Å². The van der Waals surface area contributed by atoms with Gasteiger partial charge in [0, 0.05) is 36.9 Å². The van der Waals surface area contributed by atoms with Gasteiger partial charge in [0.05, 0.1) is 5.75 Å². The summed E-state index contributed by atoms with van der Waals surface area (Å²) in [5.41, 5.74) is 2.25. The van der Waals surface area contributed by atoms with Crippen molar-refractivity contribution >= 4 is 23.4 Å². The normalized spacial score (nSPS) is 12.2. The Hall–Kier alpha value is -2.02. The topological polar surface area (TPSA) is 63.1 Å². The number of hydrogen-bond acceptors (Lipinski definition) is 5. The van der Waals surface area contributed by atoms with Gasteiger partial charge in [-0.05, 0) is 57.9 Å². The molecule has 1 aromatic heterocycles. The Morgan fingerprint density at radius 3 is 2.29 bits per heavy atom. The number of aromatic nitrogens is 3. The van der Waals surface area contributed by atoms with E-state index in [0.29, 0.717) is 11.7 Å². The summed E-state index contributed by atoms with van der Waals surface area (Å²) in [7, 11) is 0. The molecule has 1 amide bonds. The standard InChI is InChI=1S/C21H33N5OS/c1-7-25(8-2)18-12-10-17(11-13-18)20-23-24-21(26(20)9-3)28-14-19(27)22-16(6)15(4)5/h10-13,15-16H,7-9,14H2,1-6H3,(H,22,27). The number of carbonyl (C=O) groups excluding carboxylic acids is 1. The maximum Gasteiger partial charge on any atom is 0.230 e. The quantitative estimate of drug-likeness (QED) is 0.606. The molecule has 0 bridgehead atoms. The van der Waals surface area contributed by atoms with Crippen LogP contribution in [0.1, 0.15) is 41.5 Å². The fourth-order valence-electron chi connectivity index (χ4n) is 2.90. The second-order valence-electron chi connectivity index (χ2n) is 7.16. The fourth-order valence-corrected chi connectivity index (χ4v) is 3.71. The van der Waals surface area contributed by atoms with Crippen LogP contribution in [0.4, 0.5) is 5.69 Å². The van der Waals surface area contributed by atoms with E-state index in [4.69, 9.17) is 0 Å². The summed E-state index contributed by atoms with van der Waals surface area (Å²) in [6.45, 7) is 15.3. The summed E-state index contributed by atoms with van der Waals surface area (Å²) in [5, 5.41) is 12.5. The van der Waals surface area contributed by atoms with E-state index in [-0.39, 0.29) is 11.9 Å². The number of thioether (sulfide) groups is 1. The number of carbonyl (C=O) groups is 1. The molecule has 0 spiro atoms. The van der Waals surface area contributed by atoms with E-state index < -0.39 is 0 Å². The van der Waals surface area contributed by atoms with Crippen molar-refractivity contribution in [3.05, 3.63) is 24.3 Å². The molecule has 0 aliphatic carbocycles. The average Bonchev–Trinajstić information content (AvgIpc) is 3.10. The van der Waals surface area contributed by atoms with Crippen LogP contribution in [0.25, 0.3) is 11.4 Å². The van der Waals surface area contributed by atoms with Gasteiger partial charge >= 0.3 is 0 Å². The van der Waals surface area contributed by atoms with Gasteiger partial charge in [-0.1, -0.05) is 25.6 Å². The van der Waals surface area contributed by atoms with Crippen LogP contribution in [-0.2, 0) is 11.3 Å². The summed E-state index contributed by atoms with van der Waals surface area (Å²) in [6.07, 6.45) is 0. The van der Waals surface area contributed by atoms with Crippen molar-refractivity contribution in [2.24, 2.45) is 5.92 Å². The van der Waals surface area contributed by atoms with Gasteiger partial charge in [0.15, 0.2) is 11.0 Å². The van der Waals surface area contributed by atoms with Crippen molar-refractivity contribution in [3.63, 3.8) is 0 Å². The number of nitrogens with zero attached hydrogens (tertiary/aromatic N) is 4. The van der Waals surface area contributed by atoms with Crippen LogP contribution in [0.2, 0.25) is 0 Å². The predicted molar refractivity (Wildman–Crippen MR) is 118 cm³/mol. The van der Waals surface area contributed by atoms with Gasteiger partial charge in [0.25, 0.3) is 0 Å². The predicted octanol–water partition coefficient (Wildman–Crippen LogP) is 4.06. The molecule has 1 heterocycles. The largest absolute Gasteiger partial charge is 0.372 e. The van der Waals surface area contributed by atoms with Crippen molar-refractivity contribution in [2.45, 2.75) is 59.3 Å². The van der Waals surface area contributed by atoms with Gasteiger partial charge in [-0.25, -0.2) is 0 Å². The van der Waals surface area contributed by atoms with Gasteiger partial charge in [-0.15, -0.1) is 10.2 Å². The third kappa shape index (κ3) is 5.50. The molecule has 2 rings (SSSR count). The summed E-state index contributed by atoms with van der Waals surface area (Å²) in [5.74, 6) is 1.63. The fraction of sp³-hybridized carbons (Fsp3) is 0.571. The molecule has 0 radical (unpaired) electrons. The van der Waals surface area contributed by atoms with Crippen molar-refractivity contribution in [2.75, 3.05) is 23.7 Å². The smallest absolute Gasteiger partial charge is 0.230 e. The van der Waals surface area contributed by atoms with Gasteiger partial charge in [0.1, 0.15) is 0 Å². The third-order valence-corrected chi connectivity index (χ3v) is 5.97. The van der Waals surface area contributed by atoms with Crippen LogP contribution >= 0.6 is 11.8 Å². The Balaban J connectivity index is 2.10. The summed E-state index contributed by atoms with van der Waals surface area (Å²) in [6, 6.07) is 8.61. The molecular weight excluding hydrogens is 370 g/mol. The number of hydrogen-bond donors (Lipinski definition) is 1. The van der Waals surface area contributed by atoms with Crippen molar-refractivity contribution in [1.29, 1.82) is 0 Å². The molecule has 0 fully saturated rings. The molecule has 7 heteroatoms. The van der Waals surface area contributed by atoms with Crippen LogP contribution in [-0.4, -0.2) is 45.6 Å². The number of anilines is 1. The second-order valence-corrected chi connectivity index (χ2v) is 8.10. The molecule has 28 heavy (non-hydrogen) atoms. The highest BCUT2D eigenvalue weighted by atomic mass is 32.2. The molecule has 1 unspecified atom stereocenters. The Kier molecular flexibility index (Phi) is 8.35. The lowest BCUT2D eigenvalue weighted by molar-refractivity contribution is -0.119. The second kappa shape index (κ2) is 10.5. The first-order chi connectivity index (χ1) is 13.4. The molecular formula is C21H33N5OS. The minimum Gasteiger partial charge on any atom is -0.372 e. The minimum atomic E-state index is 0.0296. The average molecular weight is 404 g/mol. The summed E-state index contributed by atoms with van der Waals surface area (Å²) >= 11 is 1.43. The Morgan fingerprint density at radius 1 is 1.11 bits per heavy atom. The lowest BCUT2D eigenvalue weighted by Gasteiger charge is -2.21. The van der Waals surface area contributed by atoms with Crippen molar-refractivity contribution in [3.8, 4) is 11.4 Å². The molecule has 0 aliphatic rings. The zero-order valence-corrected chi connectivity index (χ0v) is 18.7. The van der Waals surface area contributed by atoms with Gasteiger partial charge in [-0.2, -0.15) is 0 Å². The Labute approximate surface area is 173 Å². The highest BCUT2D eigenvalue weighted by Gasteiger charge is 2.16. The summed E-state index contributed by atoms with van der Waals surface area (Å²) in [4.78, 5) is 14.5. The lowest BCUT2D eigenvalue weighted by Crippen LogP contribution is -2.37. The first-order valence-electron chi connectivity index (χ1n) is 10.1. The van der Waals surface area contributed by atoms with Crippen LogP contribution in [0.15, 0.2) is 29.4 Å².